The van der Waals surface area contributed by atoms with Crippen LogP contribution in [-0.2, 0) is 9.59 Å². The van der Waals surface area contributed by atoms with Crippen LogP contribution in [0.4, 0.5) is 10.1 Å². The average Bonchev–Trinajstić information content (AvgIpc) is 2.62. The van der Waals surface area contributed by atoms with E-state index >= 15 is 0 Å². The Kier molecular flexibility index (Phi) is 6.34. The third-order valence-electron chi connectivity index (χ3n) is 4.90. The van der Waals surface area contributed by atoms with Crippen molar-refractivity contribution in [1.82, 2.24) is 5.32 Å². The molecule has 0 spiro atoms. The fraction of sp³-hybridized carbons (Fsp3) is 0.579. The molecule has 1 heterocycles. The van der Waals surface area contributed by atoms with Gasteiger partial charge in [-0.3, -0.25) is 9.59 Å². The summed E-state index contributed by atoms with van der Waals surface area (Å²) in [6.45, 7) is 0.599. The Bertz CT molecular complexity index is 632. The Morgan fingerprint density at radius 1 is 1.28 bits per heavy atom. The van der Waals surface area contributed by atoms with Gasteiger partial charge < -0.3 is 10.6 Å². The van der Waals surface area contributed by atoms with Crippen molar-refractivity contribution in [2.45, 2.75) is 56.1 Å². The van der Waals surface area contributed by atoms with Gasteiger partial charge in [0.2, 0.25) is 11.8 Å². The normalized spacial score (nSPS) is 20.7. The fourth-order valence-electron chi connectivity index (χ4n) is 3.55. The smallest absolute Gasteiger partial charge is 0.228 e. The number of hydrogen-bond acceptors (Lipinski definition) is 3. The van der Waals surface area contributed by atoms with Gasteiger partial charge in [0.25, 0.3) is 0 Å². The predicted octanol–water partition coefficient (Wildman–Crippen LogP) is 3.82. The van der Waals surface area contributed by atoms with Gasteiger partial charge in [0.1, 0.15) is 5.82 Å². The van der Waals surface area contributed by atoms with Gasteiger partial charge in [-0.25, -0.2) is 4.39 Å². The summed E-state index contributed by atoms with van der Waals surface area (Å²) in [5.74, 6) is -0.347. The van der Waals surface area contributed by atoms with E-state index in [1.165, 1.54) is 50.3 Å². The van der Waals surface area contributed by atoms with Crippen LogP contribution in [0.3, 0.4) is 0 Å². The van der Waals surface area contributed by atoms with Gasteiger partial charge in [-0.15, -0.1) is 0 Å². The minimum absolute atomic E-state index is 0.0686. The molecule has 2 amide bonds. The van der Waals surface area contributed by atoms with Gasteiger partial charge in [-0.2, -0.15) is 11.8 Å². The fourth-order valence-corrected chi connectivity index (χ4v) is 4.87. The lowest BCUT2D eigenvalue weighted by molar-refractivity contribution is -0.126. The van der Waals surface area contributed by atoms with E-state index < -0.39 is 11.7 Å². The summed E-state index contributed by atoms with van der Waals surface area (Å²) < 4.78 is 13.5. The summed E-state index contributed by atoms with van der Waals surface area (Å²) in [5.41, 5.74) is 1.10. The van der Waals surface area contributed by atoms with Gasteiger partial charge in [-0.1, -0.05) is 19.3 Å². The molecular formula is C19H25FN2O2S. The largest absolute Gasteiger partial charge is 0.356 e. The molecule has 1 aromatic carbocycles. The summed E-state index contributed by atoms with van der Waals surface area (Å²) in [4.78, 5) is 24.3. The zero-order valence-electron chi connectivity index (χ0n) is 14.4. The van der Waals surface area contributed by atoms with E-state index in [1.807, 2.05) is 11.8 Å². The molecule has 0 radical (unpaired) electrons. The third-order valence-corrected chi connectivity index (χ3v) is 6.36. The maximum Gasteiger partial charge on any atom is 0.228 e. The van der Waals surface area contributed by atoms with E-state index in [0.29, 0.717) is 17.8 Å². The van der Waals surface area contributed by atoms with Crippen LogP contribution in [0.1, 0.15) is 56.4 Å². The molecule has 2 N–H and O–H groups in total. The van der Waals surface area contributed by atoms with Crippen LogP contribution >= 0.6 is 11.8 Å². The van der Waals surface area contributed by atoms with E-state index in [-0.39, 0.29) is 18.2 Å². The van der Waals surface area contributed by atoms with E-state index in [2.05, 4.69) is 10.6 Å². The lowest BCUT2D eigenvalue weighted by Gasteiger charge is -2.25. The van der Waals surface area contributed by atoms with E-state index in [4.69, 9.17) is 0 Å². The van der Waals surface area contributed by atoms with Crippen molar-refractivity contribution in [3.63, 3.8) is 0 Å². The topological polar surface area (TPSA) is 58.2 Å². The molecular weight excluding hydrogens is 339 g/mol. The first-order valence-corrected chi connectivity index (χ1v) is 10.2. The molecule has 4 nitrogen and oxygen atoms in total. The second kappa shape index (κ2) is 8.70. The quantitative estimate of drug-likeness (QED) is 0.755. The van der Waals surface area contributed by atoms with Crippen molar-refractivity contribution in [3.8, 4) is 0 Å². The van der Waals surface area contributed by atoms with Gasteiger partial charge in [0.15, 0.2) is 0 Å². The molecule has 3 rings (SSSR count). The zero-order chi connectivity index (χ0) is 17.6. The van der Waals surface area contributed by atoms with Crippen LogP contribution in [0, 0.1) is 5.82 Å². The highest BCUT2D eigenvalue weighted by Gasteiger charge is 2.30. The van der Waals surface area contributed by atoms with Crippen LogP contribution in [-0.4, -0.2) is 29.4 Å². The van der Waals surface area contributed by atoms with E-state index in [9.17, 15) is 14.0 Å². The second-order valence-electron chi connectivity index (χ2n) is 6.81. The Morgan fingerprint density at radius 3 is 2.88 bits per heavy atom. The highest BCUT2D eigenvalue weighted by Crippen LogP contribution is 2.33. The molecule has 1 atom stereocenters. The summed E-state index contributed by atoms with van der Waals surface area (Å²) in [7, 11) is 0. The number of hydrogen-bond donors (Lipinski definition) is 2. The van der Waals surface area contributed by atoms with E-state index in [0.717, 1.165) is 17.4 Å². The molecule has 1 aliphatic heterocycles. The minimum atomic E-state index is -0.606. The summed E-state index contributed by atoms with van der Waals surface area (Å²) in [6.07, 6.45) is 7.67. The maximum absolute atomic E-state index is 13.5. The number of rotatable bonds is 6. The molecule has 0 aromatic heterocycles. The number of amides is 2. The number of fused-ring (bicyclic) bond motifs is 1. The molecule has 1 unspecified atom stereocenters. The number of anilines is 1. The van der Waals surface area contributed by atoms with Crippen LogP contribution in [0.5, 0.6) is 0 Å². The molecule has 136 valence electrons. The molecule has 1 fully saturated rings. The van der Waals surface area contributed by atoms with Crippen LogP contribution in [0.2, 0.25) is 0 Å². The summed E-state index contributed by atoms with van der Waals surface area (Å²) >= 11 is 2.01. The number of thioether (sulfide) groups is 1. The van der Waals surface area contributed by atoms with Crippen molar-refractivity contribution in [1.29, 1.82) is 0 Å². The molecule has 2 aliphatic rings. The molecule has 1 aromatic rings. The Labute approximate surface area is 152 Å². The Morgan fingerprint density at radius 2 is 2.08 bits per heavy atom. The Hall–Kier alpha value is -1.56. The van der Waals surface area contributed by atoms with E-state index in [1.54, 1.807) is 0 Å². The van der Waals surface area contributed by atoms with Crippen molar-refractivity contribution >= 4 is 29.3 Å². The Balaban J connectivity index is 1.46. The van der Waals surface area contributed by atoms with Crippen LogP contribution in [0.25, 0.3) is 0 Å². The number of benzene rings is 1. The van der Waals surface area contributed by atoms with Crippen molar-refractivity contribution < 1.29 is 14.0 Å². The average molecular weight is 364 g/mol. The van der Waals surface area contributed by atoms with Gasteiger partial charge in [0.05, 0.1) is 5.92 Å². The number of carbonyl (C=O) groups excluding carboxylic acids is 2. The number of carbonyl (C=O) groups is 2. The minimum Gasteiger partial charge on any atom is -0.356 e. The molecule has 1 aliphatic carbocycles. The summed E-state index contributed by atoms with van der Waals surface area (Å²) in [6, 6.07) is 4.16. The third kappa shape index (κ3) is 4.97. The number of nitrogens with one attached hydrogen (secondary N) is 2. The highest BCUT2D eigenvalue weighted by molar-refractivity contribution is 7.99. The molecule has 25 heavy (non-hydrogen) atoms. The van der Waals surface area contributed by atoms with Crippen LogP contribution in [0.15, 0.2) is 18.2 Å². The van der Waals surface area contributed by atoms with Crippen molar-refractivity contribution in [2.24, 2.45) is 0 Å². The van der Waals surface area contributed by atoms with Gasteiger partial charge in [0, 0.05) is 23.9 Å². The summed E-state index contributed by atoms with van der Waals surface area (Å²) in [5, 5.41) is 6.39. The molecule has 6 heteroatoms. The molecule has 0 bridgehead atoms. The molecule has 0 saturated heterocycles. The zero-order valence-corrected chi connectivity index (χ0v) is 15.2. The van der Waals surface area contributed by atoms with Crippen LogP contribution < -0.4 is 10.6 Å². The molecule has 1 saturated carbocycles. The first-order chi connectivity index (χ1) is 12.1. The standard InChI is InChI=1S/C19H25FN2O2S/c20-13-7-8-17-15(11-13)16(12-18(23)22-17)19(24)21-9-4-10-25-14-5-2-1-3-6-14/h7-8,11,14,16H,1-6,9-10,12H2,(H,21,24)(H,22,23). The monoisotopic (exact) mass is 364 g/mol. The van der Waals surface area contributed by atoms with Crippen molar-refractivity contribution in [2.75, 3.05) is 17.6 Å². The second-order valence-corrected chi connectivity index (χ2v) is 8.22. The van der Waals surface area contributed by atoms with Gasteiger partial charge >= 0.3 is 0 Å². The number of halogens is 1. The predicted molar refractivity (Wildman–Crippen MR) is 99.3 cm³/mol. The lowest BCUT2D eigenvalue weighted by atomic mass is 9.89. The first-order valence-electron chi connectivity index (χ1n) is 9.12. The van der Waals surface area contributed by atoms with Crippen molar-refractivity contribution in [3.05, 3.63) is 29.6 Å². The lowest BCUT2D eigenvalue weighted by Crippen LogP contribution is -2.35. The SMILES string of the molecule is O=C1CC(C(=O)NCCCSC2CCCCC2)c2cc(F)ccc2N1. The highest BCUT2D eigenvalue weighted by atomic mass is 32.2. The van der Waals surface area contributed by atoms with Gasteiger partial charge in [-0.05, 0) is 48.8 Å². The maximum atomic E-state index is 13.5. The first kappa shape index (κ1) is 18.2.